The lowest BCUT2D eigenvalue weighted by Crippen LogP contribution is -2.09. The molecule has 84 valence electrons. The average molecular weight is 281 g/mol. The Balaban J connectivity index is 2.15. The highest BCUT2D eigenvalue weighted by atomic mass is 79.9. The van der Waals surface area contributed by atoms with E-state index in [9.17, 15) is 0 Å². The normalized spacial score (nSPS) is 10.6. The molecule has 0 fully saturated rings. The van der Waals surface area contributed by atoms with Gasteiger partial charge in [-0.15, -0.1) is 0 Å². The summed E-state index contributed by atoms with van der Waals surface area (Å²) in [4.78, 5) is 4.26. The lowest BCUT2D eigenvalue weighted by molar-refractivity contribution is 0.512. The van der Waals surface area contributed by atoms with Crippen LogP contribution in [0.4, 0.5) is 0 Å². The second-order valence-corrected chi connectivity index (χ2v) is 4.41. The molecule has 0 aliphatic rings. The highest BCUT2D eigenvalue weighted by Crippen LogP contribution is 2.21. The number of aromatic nitrogens is 1. The second-order valence-electron chi connectivity index (χ2n) is 3.49. The van der Waals surface area contributed by atoms with Crippen molar-refractivity contribution in [1.82, 2.24) is 10.3 Å². The minimum absolute atomic E-state index is 0.679. The molecule has 1 N–H and O–H groups in total. The van der Waals surface area contributed by atoms with Crippen LogP contribution < -0.4 is 5.32 Å². The summed E-state index contributed by atoms with van der Waals surface area (Å²) in [6.45, 7) is 0.898. The number of halogens is 1. The molecular formula is C12H13BrN2O. The zero-order valence-electron chi connectivity index (χ0n) is 9.03. The molecule has 0 radical (unpaired) electrons. The Morgan fingerprint density at radius 2 is 2.06 bits per heavy atom. The number of hydrogen-bond donors (Lipinski definition) is 1. The minimum atomic E-state index is 0.679. The van der Waals surface area contributed by atoms with Crippen molar-refractivity contribution >= 4 is 15.9 Å². The zero-order valence-corrected chi connectivity index (χ0v) is 10.6. The highest BCUT2D eigenvalue weighted by molar-refractivity contribution is 9.10. The number of likely N-dealkylation sites (N-methyl/N-ethyl adjacent to an activating group) is 1. The largest absolute Gasteiger partial charge is 0.441 e. The van der Waals surface area contributed by atoms with Gasteiger partial charge in [0.25, 0.3) is 0 Å². The van der Waals surface area contributed by atoms with Gasteiger partial charge < -0.3 is 9.73 Å². The van der Waals surface area contributed by atoms with E-state index in [1.54, 1.807) is 6.20 Å². The van der Waals surface area contributed by atoms with E-state index in [0.29, 0.717) is 5.89 Å². The SMILES string of the molecule is CNCCc1cnc(-c2ccc(Br)cc2)o1. The summed E-state index contributed by atoms with van der Waals surface area (Å²) in [7, 11) is 1.92. The standard InChI is InChI=1S/C12H13BrN2O/c1-14-7-6-11-8-15-12(16-11)9-2-4-10(13)5-3-9/h2-5,8,14H,6-7H2,1H3. The first kappa shape index (κ1) is 11.4. The molecule has 16 heavy (non-hydrogen) atoms. The Kier molecular flexibility index (Phi) is 3.74. The fourth-order valence-corrected chi connectivity index (χ4v) is 1.66. The molecule has 0 unspecified atom stereocenters. The lowest BCUT2D eigenvalue weighted by atomic mass is 10.2. The number of benzene rings is 1. The van der Waals surface area contributed by atoms with E-state index >= 15 is 0 Å². The van der Waals surface area contributed by atoms with Crippen molar-refractivity contribution in [2.24, 2.45) is 0 Å². The summed E-state index contributed by atoms with van der Waals surface area (Å²) in [6, 6.07) is 7.93. The van der Waals surface area contributed by atoms with Crippen LogP contribution in [0.15, 0.2) is 39.4 Å². The van der Waals surface area contributed by atoms with Crippen molar-refractivity contribution in [3.05, 3.63) is 40.7 Å². The van der Waals surface area contributed by atoms with E-state index in [0.717, 1.165) is 28.8 Å². The van der Waals surface area contributed by atoms with Crippen LogP contribution in [0.2, 0.25) is 0 Å². The fraction of sp³-hybridized carbons (Fsp3) is 0.250. The molecule has 2 aromatic rings. The predicted molar refractivity (Wildman–Crippen MR) is 67.3 cm³/mol. The Morgan fingerprint density at radius 1 is 1.31 bits per heavy atom. The number of rotatable bonds is 4. The van der Waals surface area contributed by atoms with Crippen LogP contribution in [-0.2, 0) is 6.42 Å². The van der Waals surface area contributed by atoms with Gasteiger partial charge in [-0.05, 0) is 31.3 Å². The molecule has 0 aliphatic heterocycles. The monoisotopic (exact) mass is 280 g/mol. The van der Waals surface area contributed by atoms with Gasteiger partial charge in [-0.2, -0.15) is 0 Å². The number of hydrogen-bond acceptors (Lipinski definition) is 3. The van der Waals surface area contributed by atoms with Crippen molar-refractivity contribution < 1.29 is 4.42 Å². The van der Waals surface area contributed by atoms with Gasteiger partial charge in [0, 0.05) is 23.0 Å². The van der Waals surface area contributed by atoms with E-state index in [2.05, 4.69) is 26.2 Å². The van der Waals surface area contributed by atoms with Gasteiger partial charge in [-0.25, -0.2) is 4.98 Å². The minimum Gasteiger partial charge on any atom is -0.441 e. The summed E-state index contributed by atoms with van der Waals surface area (Å²) < 4.78 is 6.70. The first-order chi connectivity index (χ1) is 7.79. The summed E-state index contributed by atoms with van der Waals surface area (Å²) in [5.41, 5.74) is 0.999. The first-order valence-corrected chi connectivity index (χ1v) is 5.94. The summed E-state index contributed by atoms with van der Waals surface area (Å²) in [5, 5.41) is 3.08. The smallest absolute Gasteiger partial charge is 0.226 e. The van der Waals surface area contributed by atoms with Crippen LogP contribution in [0, 0.1) is 0 Å². The van der Waals surface area contributed by atoms with Crippen molar-refractivity contribution in [2.45, 2.75) is 6.42 Å². The van der Waals surface area contributed by atoms with Gasteiger partial charge in [0.2, 0.25) is 5.89 Å². The molecule has 0 aliphatic carbocycles. The number of oxazole rings is 1. The molecule has 3 nitrogen and oxygen atoms in total. The fourth-order valence-electron chi connectivity index (χ4n) is 1.40. The maximum Gasteiger partial charge on any atom is 0.226 e. The summed E-state index contributed by atoms with van der Waals surface area (Å²) in [6.07, 6.45) is 2.65. The molecule has 4 heteroatoms. The Morgan fingerprint density at radius 3 is 2.75 bits per heavy atom. The summed E-state index contributed by atoms with van der Waals surface area (Å²) in [5.74, 6) is 1.59. The van der Waals surface area contributed by atoms with Crippen molar-refractivity contribution in [3.8, 4) is 11.5 Å². The third-order valence-corrected chi connectivity index (χ3v) is 2.79. The number of nitrogens with one attached hydrogen (secondary N) is 1. The molecule has 0 bridgehead atoms. The molecule has 1 heterocycles. The van der Waals surface area contributed by atoms with Crippen molar-refractivity contribution in [3.63, 3.8) is 0 Å². The predicted octanol–water partition coefficient (Wildman–Crippen LogP) is 2.87. The molecule has 2 rings (SSSR count). The first-order valence-electron chi connectivity index (χ1n) is 5.15. The highest BCUT2D eigenvalue weighted by Gasteiger charge is 2.05. The number of nitrogens with zero attached hydrogens (tertiary/aromatic N) is 1. The van der Waals surface area contributed by atoms with Gasteiger partial charge in [0.15, 0.2) is 0 Å². The quantitative estimate of drug-likeness (QED) is 0.936. The summed E-state index contributed by atoms with van der Waals surface area (Å²) >= 11 is 3.40. The third-order valence-electron chi connectivity index (χ3n) is 2.27. The van der Waals surface area contributed by atoms with Gasteiger partial charge in [0.05, 0.1) is 6.20 Å². The van der Waals surface area contributed by atoms with Crippen molar-refractivity contribution in [2.75, 3.05) is 13.6 Å². The van der Waals surface area contributed by atoms with E-state index in [1.165, 1.54) is 0 Å². The van der Waals surface area contributed by atoms with Gasteiger partial charge in [0.1, 0.15) is 5.76 Å². The molecule has 1 aromatic heterocycles. The van der Waals surface area contributed by atoms with E-state index < -0.39 is 0 Å². The Labute approximate surface area is 103 Å². The topological polar surface area (TPSA) is 38.1 Å². The molecule has 0 saturated heterocycles. The molecular weight excluding hydrogens is 268 g/mol. The van der Waals surface area contributed by atoms with Crippen LogP contribution in [0.3, 0.4) is 0 Å². The van der Waals surface area contributed by atoms with Gasteiger partial charge in [-0.3, -0.25) is 0 Å². The van der Waals surface area contributed by atoms with Gasteiger partial charge >= 0.3 is 0 Å². The van der Waals surface area contributed by atoms with E-state index in [1.807, 2.05) is 31.3 Å². The Hall–Kier alpha value is -1.13. The lowest BCUT2D eigenvalue weighted by Gasteiger charge is -1.96. The van der Waals surface area contributed by atoms with Crippen molar-refractivity contribution in [1.29, 1.82) is 0 Å². The maximum atomic E-state index is 5.65. The van der Waals surface area contributed by atoms with Crippen LogP contribution in [0.25, 0.3) is 11.5 Å². The molecule has 0 spiro atoms. The van der Waals surface area contributed by atoms with Crippen LogP contribution in [-0.4, -0.2) is 18.6 Å². The van der Waals surface area contributed by atoms with Crippen LogP contribution >= 0.6 is 15.9 Å². The van der Waals surface area contributed by atoms with Crippen LogP contribution in [0.5, 0.6) is 0 Å². The second kappa shape index (κ2) is 5.27. The molecule has 0 atom stereocenters. The Bertz CT molecular complexity index is 450. The van der Waals surface area contributed by atoms with Crippen LogP contribution in [0.1, 0.15) is 5.76 Å². The molecule has 0 amide bonds. The maximum absolute atomic E-state index is 5.65. The average Bonchev–Trinajstić information content (AvgIpc) is 2.76. The van der Waals surface area contributed by atoms with E-state index in [4.69, 9.17) is 4.42 Å². The molecule has 1 aromatic carbocycles. The molecule has 0 saturated carbocycles. The van der Waals surface area contributed by atoms with E-state index in [-0.39, 0.29) is 0 Å². The third kappa shape index (κ3) is 2.71. The van der Waals surface area contributed by atoms with Gasteiger partial charge in [-0.1, -0.05) is 15.9 Å². The zero-order chi connectivity index (χ0) is 11.4.